The molecule has 20 heavy (non-hydrogen) atoms. The zero-order chi connectivity index (χ0) is 14.5. The largest absolute Gasteiger partial charge is 0.463 e. The third-order valence-electron chi connectivity index (χ3n) is 4.19. The highest BCUT2D eigenvalue weighted by Crippen LogP contribution is 2.47. The van der Waals surface area contributed by atoms with Crippen molar-refractivity contribution in [2.24, 2.45) is 5.92 Å². The minimum absolute atomic E-state index is 0.163. The van der Waals surface area contributed by atoms with Crippen LogP contribution in [0.25, 0.3) is 10.9 Å². The van der Waals surface area contributed by atoms with Crippen LogP contribution in [0, 0.1) is 5.92 Å². The van der Waals surface area contributed by atoms with E-state index in [1.54, 1.807) is 6.92 Å². The molecular formula is C13H17N3O4. The van der Waals surface area contributed by atoms with Gasteiger partial charge < -0.3 is 25.1 Å². The summed E-state index contributed by atoms with van der Waals surface area (Å²) in [4.78, 5) is 8.04. The fourth-order valence-electron chi connectivity index (χ4n) is 2.66. The molecule has 1 aliphatic rings. The Labute approximate surface area is 115 Å². The lowest BCUT2D eigenvalue weighted by molar-refractivity contribution is -0.0582. The minimum Gasteiger partial charge on any atom is -0.463 e. The van der Waals surface area contributed by atoms with Gasteiger partial charge in [0.1, 0.15) is 35.6 Å². The van der Waals surface area contributed by atoms with E-state index in [1.165, 1.54) is 12.6 Å². The Hall–Kier alpha value is -1.70. The molecule has 0 bridgehead atoms. The molecule has 2 aromatic heterocycles. The van der Waals surface area contributed by atoms with Crippen molar-refractivity contribution in [3.63, 3.8) is 0 Å². The molecule has 7 nitrogen and oxygen atoms in total. The molecular weight excluding hydrogens is 262 g/mol. The summed E-state index contributed by atoms with van der Waals surface area (Å²) >= 11 is 0. The number of anilines is 1. The predicted molar refractivity (Wildman–Crippen MR) is 70.7 cm³/mol. The molecule has 3 rings (SSSR count). The zero-order valence-electron chi connectivity index (χ0n) is 11.3. The molecule has 2 aromatic rings. The van der Waals surface area contributed by atoms with Gasteiger partial charge in [-0.2, -0.15) is 0 Å². The Kier molecular flexibility index (Phi) is 2.93. The van der Waals surface area contributed by atoms with Gasteiger partial charge in [0.05, 0.1) is 18.1 Å². The maximum atomic E-state index is 10.7. The summed E-state index contributed by atoms with van der Waals surface area (Å²) in [6.07, 6.45) is 1.64. The quantitative estimate of drug-likeness (QED) is 0.738. The van der Waals surface area contributed by atoms with Crippen molar-refractivity contribution >= 4 is 16.7 Å². The number of furan rings is 1. The van der Waals surface area contributed by atoms with Gasteiger partial charge in [0.2, 0.25) is 0 Å². The molecule has 0 saturated carbocycles. The highest BCUT2D eigenvalue weighted by Gasteiger charge is 2.52. The molecule has 1 saturated heterocycles. The number of nitrogens with two attached hydrogens (primary N) is 1. The van der Waals surface area contributed by atoms with Crippen LogP contribution >= 0.6 is 0 Å². The van der Waals surface area contributed by atoms with Gasteiger partial charge in [0.15, 0.2) is 5.76 Å². The van der Waals surface area contributed by atoms with Crippen molar-refractivity contribution in [3.8, 4) is 0 Å². The van der Waals surface area contributed by atoms with Gasteiger partial charge in [-0.15, -0.1) is 0 Å². The average molecular weight is 279 g/mol. The molecule has 0 radical (unpaired) electrons. The maximum Gasteiger partial charge on any atom is 0.161 e. The van der Waals surface area contributed by atoms with Crippen LogP contribution in [-0.4, -0.2) is 38.5 Å². The van der Waals surface area contributed by atoms with Gasteiger partial charge in [-0.3, -0.25) is 0 Å². The fourth-order valence-corrected chi connectivity index (χ4v) is 2.66. The van der Waals surface area contributed by atoms with E-state index in [1.807, 2.05) is 6.92 Å². The highest BCUT2D eigenvalue weighted by atomic mass is 16.5. The number of aliphatic hydroxyl groups excluding tert-OH is 1. The normalized spacial score (nSPS) is 33.9. The van der Waals surface area contributed by atoms with E-state index in [4.69, 9.17) is 14.9 Å². The average Bonchev–Trinajstić information content (AvgIpc) is 2.92. The molecule has 4 atom stereocenters. The number of hydrogen-bond acceptors (Lipinski definition) is 7. The second-order valence-corrected chi connectivity index (χ2v) is 5.37. The van der Waals surface area contributed by atoms with E-state index in [0.29, 0.717) is 22.5 Å². The van der Waals surface area contributed by atoms with Gasteiger partial charge in [-0.1, -0.05) is 6.92 Å². The third kappa shape index (κ3) is 1.71. The number of nitrogens with zero attached hydrogens (tertiary/aromatic N) is 2. The Morgan fingerprint density at radius 1 is 1.45 bits per heavy atom. The molecule has 0 amide bonds. The van der Waals surface area contributed by atoms with Gasteiger partial charge in [-0.05, 0) is 6.92 Å². The first-order valence-electron chi connectivity index (χ1n) is 6.43. The number of aromatic nitrogens is 2. The van der Waals surface area contributed by atoms with Crippen LogP contribution in [-0.2, 0) is 4.74 Å². The number of aliphatic hydroxyl groups is 2. The summed E-state index contributed by atoms with van der Waals surface area (Å²) in [7, 11) is 0. The lowest BCUT2D eigenvalue weighted by atomic mass is 9.84. The Morgan fingerprint density at radius 3 is 2.85 bits per heavy atom. The Bertz CT molecular complexity index is 640. The Morgan fingerprint density at radius 2 is 2.20 bits per heavy atom. The summed E-state index contributed by atoms with van der Waals surface area (Å²) in [5.74, 6) is 0.480. The minimum atomic E-state index is -1.17. The molecule has 7 heteroatoms. The van der Waals surface area contributed by atoms with Crippen molar-refractivity contribution in [2.45, 2.75) is 31.7 Å². The van der Waals surface area contributed by atoms with Crippen LogP contribution in [0.4, 0.5) is 5.82 Å². The topological polar surface area (TPSA) is 115 Å². The van der Waals surface area contributed by atoms with E-state index in [0.717, 1.165) is 0 Å². The van der Waals surface area contributed by atoms with Crippen molar-refractivity contribution in [3.05, 3.63) is 18.4 Å². The lowest BCUT2D eigenvalue weighted by Crippen LogP contribution is -2.36. The van der Waals surface area contributed by atoms with Gasteiger partial charge >= 0.3 is 0 Å². The summed E-state index contributed by atoms with van der Waals surface area (Å²) in [5.41, 5.74) is 5.12. The second-order valence-electron chi connectivity index (χ2n) is 5.37. The third-order valence-corrected chi connectivity index (χ3v) is 4.19. The van der Waals surface area contributed by atoms with Crippen LogP contribution in [0.3, 0.4) is 0 Å². The van der Waals surface area contributed by atoms with Crippen molar-refractivity contribution in [2.75, 3.05) is 12.3 Å². The number of rotatable bonds is 2. The number of hydrogen-bond donors (Lipinski definition) is 3. The molecule has 3 heterocycles. The van der Waals surface area contributed by atoms with E-state index in [2.05, 4.69) is 9.97 Å². The zero-order valence-corrected chi connectivity index (χ0v) is 11.3. The first-order valence-corrected chi connectivity index (χ1v) is 6.43. The van der Waals surface area contributed by atoms with E-state index in [9.17, 15) is 10.2 Å². The first kappa shape index (κ1) is 13.3. The van der Waals surface area contributed by atoms with Crippen molar-refractivity contribution < 1.29 is 19.4 Å². The molecule has 108 valence electrons. The van der Waals surface area contributed by atoms with Crippen LogP contribution in [0.15, 0.2) is 17.0 Å². The Balaban J connectivity index is 2.10. The van der Waals surface area contributed by atoms with E-state index in [-0.39, 0.29) is 12.5 Å². The standard InChI is InChI=1S/C13H17N3O4/c1-6-8(3-17)20-11(13(6,2)18)10-9-7(4-19-10)12(14)16-5-15-9/h4-6,8,11,17-18H,3H2,1-2H3,(H2,14,15,16)/t6-,8-,11+,13-/m1/s1. The summed E-state index contributed by atoms with van der Waals surface area (Å²) < 4.78 is 11.2. The lowest BCUT2D eigenvalue weighted by Gasteiger charge is -2.26. The summed E-state index contributed by atoms with van der Waals surface area (Å²) in [6.45, 7) is 3.33. The van der Waals surface area contributed by atoms with Crippen LogP contribution in [0.1, 0.15) is 25.7 Å². The number of ether oxygens (including phenoxy) is 1. The number of fused-ring (bicyclic) bond motifs is 1. The van der Waals surface area contributed by atoms with Crippen LogP contribution < -0.4 is 5.73 Å². The van der Waals surface area contributed by atoms with Crippen molar-refractivity contribution in [1.82, 2.24) is 9.97 Å². The van der Waals surface area contributed by atoms with Crippen molar-refractivity contribution in [1.29, 1.82) is 0 Å². The summed E-state index contributed by atoms with van der Waals surface area (Å²) in [5, 5.41) is 20.6. The molecule has 4 N–H and O–H groups in total. The summed E-state index contributed by atoms with van der Waals surface area (Å²) in [6, 6.07) is 0. The first-order chi connectivity index (χ1) is 9.46. The maximum absolute atomic E-state index is 10.7. The molecule has 0 aliphatic carbocycles. The fraction of sp³-hybridized carbons (Fsp3) is 0.538. The van der Waals surface area contributed by atoms with E-state index >= 15 is 0 Å². The SMILES string of the molecule is C[C@@H]1[C@@H](CO)O[C@@H](c2occ3c(N)ncnc23)[C@]1(C)O. The molecule has 0 aromatic carbocycles. The number of nitrogen functional groups attached to an aromatic ring is 1. The van der Waals surface area contributed by atoms with Gasteiger partial charge in [0, 0.05) is 5.92 Å². The second kappa shape index (κ2) is 4.41. The van der Waals surface area contributed by atoms with Crippen LogP contribution in [0.5, 0.6) is 0 Å². The van der Waals surface area contributed by atoms with E-state index < -0.39 is 17.8 Å². The predicted octanol–water partition coefficient (Wildman–Crippen LogP) is 0.624. The van der Waals surface area contributed by atoms with Crippen LogP contribution in [0.2, 0.25) is 0 Å². The molecule has 1 aliphatic heterocycles. The monoisotopic (exact) mass is 279 g/mol. The van der Waals surface area contributed by atoms with Gasteiger partial charge in [-0.25, -0.2) is 9.97 Å². The molecule has 0 unspecified atom stereocenters. The van der Waals surface area contributed by atoms with Gasteiger partial charge in [0.25, 0.3) is 0 Å². The molecule has 1 fully saturated rings. The molecule has 0 spiro atoms. The highest BCUT2D eigenvalue weighted by molar-refractivity contribution is 5.88. The smallest absolute Gasteiger partial charge is 0.161 e.